The summed E-state index contributed by atoms with van der Waals surface area (Å²) < 4.78 is 15.0. The van der Waals surface area contributed by atoms with Crippen molar-refractivity contribution in [3.05, 3.63) is 66.7 Å². The first-order chi connectivity index (χ1) is 9.92. The van der Waals surface area contributed by atoms with Gasteiger partial charge in [-0.2, -0.15) is 0 Å². The van der Waals surface area contributed by atoms with Crippen molar-refractivity contribution >= 4 is 21.8 Å². The van der Waals surface area contributed by atoms with Crippen LogP contribution >= 0.6 is 15.9 Å². The van der Waals surface area contributed by atoms with Crippen LogP contribution in [0, 0.1) is 5.82 Å². The van der Waals surface area contributed by atoms with Crippen molar-refractivity contribution in [3.8, 4) is 0 Å². The molecule has 2 aromatic rings. The van der Waals surface area contributed by atoms with Gasteiger partial charge in [-0.1, -0.05) is 0 Å². The van der Waals surface area contributed by atoms with Gasteiger partial charge in [-0.05, 0) is 34.1 Å². The monoisotopic (exact) mass is 356 g/mol. The molecule has 21 heavy (non-hydrogen) atoms. The number of aromatic amines is 1. The van der Waals surface area contributed by atoms with Crippen molar-refractivity contribution in [2.75, 3.05) is 0 Å². The van der Waals surface area contributed by atoms with Crippen LogP contribution in [0.3, 0.4) is 0 Å². The van der Waals surface area contributed by atoms with Crippen molar-refractivity contribution < 1.29 is 9.18 Å². The van der Waals surface area contributed by atoms with Gasteiger partial charge in [-0.15, -0.1) is 0 Å². The third kappa shape index (κ3) is 3.26. The average Bonchev–Trinajstić information content (AvgIpc) is 2.46. The molecule has 0 spiro atoms. The smallest absolute Gasteiger partial charge is 0.295 e. The minimum atomic E-state index is -0.684. The first-order valence-corrected chi connectivity index (χ1v) is 6.50. The summed E-state index contributed by atoms with van der Waals surface area (Å²) >= 11 is 2.98. The molecule has 0 radical (unpaired) electrons. The molecule has 4 N–H and O–H groups in total. The number of aromatic nitrogens is 2. The highest BCUT2D eigenvalue weighted by molar-refractivity contribution is 9.10. The van der Waals surface area contributed by atoms with E-state index in [1.54, 1.807) is 0 Å². The molecule has 7 nitrogen and oxygen atoms in total. The van der Waals surface area contributed by atoms with Gasteiger partial charge < -0.3 is 0 Å². The summed E-state index contributed by atoms with van der Waals surface area (Å²) in [5, 5.41) is 0. The van der Waals surface area contributed by atoms with Crippen LogP contribution in [0.4, 0.5) is 4.39 Å². The first-order valence-electron chi connectivity index (χ1n) is 5.71. The second-order valence-corrected chi connectivity index (χ2v) is 5.00. The zero-order chi connectivity index (χ0) is 15.6. The van der Waals surface area contributed by atoms with Crippen LogP contribution in [0.1, 0.15) is 15.9 Å². The molecule has 0 saturated carbocycles. The van der Waals surface area contributed by atoms with Crippen molar-refractivity contribution in [2.24, 2.45) is 5.84 Å². The summed E-state index contributed by atoms with van der Waals surface area (Å²) in [6, 6.07) is 3.65. The topological polar surface area (TPSA) is 110 Å². The Bertz CT molecular complexity index is 815. The summed E-state index contributed by atoms with van der Waals surface area (Å²) in [5.41, 5.74) is 0.941. The van der Waals surface area contributed by atoms with Crippen LogP contribution in [0.25, 0.3) is 0 Å². The Labute approximate surface area is 125 Å². The van der Waals surface area contributed by atoms with E-state index in [1.807, 2.05) is 5.43 Å². The molecule has 1 amide bonds. The number of benzene rings is 1. The van der Waals surface area contributed by atoms with Crippen molar-refractivity contribution in [2.45, 2.75) is 6.54 Å². The van der Waals surface area contributed by atoms with Gasteiger partial charge >= 0.3 is 5.69 Å². The van der Waals surface area contributed by atoms with Crippen LogP contribution in [-0.2, 0) is 6.54 Å². The fraction of sp³-hybridized carbons (Fsp3) is 0.0833. The normalized spacial score (nSPS) is 10.4. The molecule has 0 saturated heterocycles. The van der Waals surface area contributed by atoms with Crippen LogP contribution < -0.4 is 22.5 Å². The maximum Gasteiger partial charge on any atom is 0.328 e. The molecule has 2 rings (SSSR count). The number of nitrogen functional groups attached to an aromatic ring is 1. The van der Waals surface area contributed by atoms with Gasteiger partial charge in [0, 0.05) is 17.3 Å². The van der Waals surface area contributed by atoms with Crippen molar-refractivity contribution in [1.29, 1.82) is 0 Å². The van der Waals surface area contributed by atoms with E-state index in [9.17, 15) is 18.8 Å². The highest BCUT2D eigenvalue weighted by atomic mass is 79.9. The van der Waals surface area contributed by atoms with Crippen LogP contribution in [0.15, 0.2) is 38.5 Å². The molecule has 0 fully saturated rings. The molecule has 0 unspecified atom stereocenters. The van der Waals surface area contributed by atoms with Gasteiger partial charge in [0.05, 0.1) is 11.0 Å². The summed E-state index contributed by atoms with van der Waals surface area (Å²) in [7, 11) is 0. The van der Waals surface area contributed by atoms with E-state index >= 15 is 0 Å². The van der Waals surface area contributed by atoms with E-state index in [2.05, 4.69) is 20.9 Å². The quantitative estimate of drug-likeness (QED) is 0.411. The van der Waals surface area contributed by atoms with Crippen LogP contribution in [-0.4, -0.2) is 15.5 Å². The molecule has 0 atom stereocenters. The minimum absolute atomic E-state index is 0.108. The Kier molecular flexibility index (Phi) is 4.34. The Morgan fingerprint density at radius 1 is 1.43 bits per heavy atom. The SMILES string of the molecule is NNC(=O)c1ccc(F)c(Cn2cc(Br)c(=O)[nH]c2=O)c1. The highest BCUT2D eigenvalue weighted by Gasteiger charge is 2.11. The number of carbonyl (C=O) groups excluding carboxylic acids is 1. The maximum absolute atomic E-state index is 13.8. The Morgan fingerprint density at radius 2 is 2.14 bits per heavy atom. The molecule has 0 aliphatic rings. The lowest BCUT2D eigenvalue weighted by atomic mass is 10.1. The predicted molar refractivity (Wildman–Crippen MR) is 76.2 cm³/mol. The van der Waals surface area contributed by atoms with Gasteiger partial charge in [-0.3, -0.25) is 24.6 Å². The molecule has 0 aliphatic carbocycles. The van der Waals surface area contributed by atoms with Gasteiger partial charge in [-0.25, -0.2) is 15.0 Å². The summed E-state index contributed by atoms with van der Waals surface area (Å²) in [6.07, 6.45) is 1.25. The molecular formula is C12H10BrFN4O3. The molecule has 110 valence electrons. The number of carbonyl (C=O) groups is 1. The van der Waals surface area contributed by atoms with E-state index in [0.717, 1.165) is 10.6 Å². The van der Waals surface area contributed by atoms with Crippen molar-refractivity contribution in [1.82, 2.24) is 15.0 Å². The second-order valence-electron chi connectivity index (χ2n) is 4.14. The molecule has 9 heteroatoms. The zero-order valence-corrected chi connectivity index (χ0v) is 12.1. The number of halogens is 2. The molecule has 0 aliphatic heterocycles. The Balaban J connectivity index is 2.44. The number of H-pyrrole nitrogens is 1. The van der Waals surface area contributed by atoms with E-state index in [4.69, 9.17) is 5.84 Å². The largest absolute Gasteiger partial charge is 0.328 e. The average molecular weight is 357 g/mol. The number of hydrogen-bond donors (Lipinski definition) is 3. The van der Waals surface area contributed by atoms with Gasteiger partial charge in [0.2, 0.25) is 0 Å². The molecule has 1 aromatic heterocycles. The fourth-order valence-electron chi connectivity index (χ4n) is 1.70. The van der Waals surface area contributed by atoms with E-state index in [1.165, 1.54) is 18.3 Å². The molecule has 0 bridgehead atoms. The van der Waals surface area contributed by atoms with Gasteiger partial charge in [0.1, 0.15) is 5.82 Å². The standard InChI is InChI=1S/C12H10BrFN4O3/c13-8-5-18(12(21)16-11(8)20)4-7-3-6(10(19)17-15)1-2-9(7)14/h1-3,5H,4,15H2,(H,17,19)(H,16,20,21). The lowest BCUT2D eigenvalue weighted by molar-refractivity contribution is 0.0953. The Morgan fingerprint density at radius 3 is 2.81 bits per heavy atom. The molecule has 1 aromatic carbocycles. The second kappa shape index (κ2) is 6.02. The first kappa shape index (κ1) is 15.1. The summed E-state index contributed by atoms with van der Waals surface area (Å²) in [4.78, 5) is 36.4. The maximum atomic E-state index is 13.8. The van der Waals surface area contributed by atoms with Gasteiger partial charge in [0.25, 0.3) is 11.5 Å². The number of rotatable bonds is 3. The lowest BCUT2D eigenvalue weighted by Crippen LogP contribution is -2.31. The third-order valence-electron chi connectivity index (χ3n) is 2.75. The van der Waals surface area contributed by atoms with E-state index in [-0.39, 0.29) is 22.1 Å². The summed E-state index contributed by atoms with van der Waals surface area (Å²) in [5.74, 6) is 3.85. The van der Waals surface area contributed by atoms with Crippen LogP contribution in [0.5, 0.6) is 0 Å². The Hall–Kier alpha value is -2.26. The molecule has 1 heterocycles. The van der Waals surface area contributed by atoms with Gasteiger partial charge in [0.15, 0.2) is 0 Å². The minimum Gasteiger partial charge on any atom is -0.295 e. The molecular weight excluding hydrogens is 347 g/mol. The predicted octanol–water partition coefficient (Wildman–Crippen LogP) is 0.0900. The van der Waals surface area contributed by atoms with E-state index in [0.29, 0.717) is 0 Å². The number of hydrogen-bond acceptors (Lipinski definition) is 4. The number of nitrogens with zero attached hydrogens (tertiary/aromatic N) is 1. The number of nitrogens with one attached hydrogen (secondary N) is 2. The fourth-order valence-corrected chi connectivity index (χ4v) is 2.05. The van der Waals surface area contributed by atoms with Crippen molar-refractivity contribution in [3.63, 3.8) is 0 Å². The highest BCUT2D eigenvalue weighted by Crippen LogP contribution is 2.12. The lowest BCUT2D eigenvalue weighted by Gasteiger charge is -2.08. The number of hydrazine groups is 1. The zero-order valence-electron chi connectivity index (χ0n) is 10.5. The van der Waals surface area contributed by atoms with Crippen LogP contribution in [0.2, 0.25) is 0 Å². The number of amides is 1. The number of nitrogens with two attached hydrogens (primary N) is 1. The summed E-state index contributed by atoms with van der Waals surface area (Å²) in [6.45, 7) is -0.147. The third-order valence-corrected chi connectivity index (χ3v) is 3.31. The van der Waals surface area contributed by atoms with E-state index < -0.39 is 23.0 Å².